The molecule has 114 valence electrons. The van der Waals surface area contributed by atoms with Crippen LogP contribution in [0.5, 0.6) is 11.5 Å². The Labute approximate surface area is 124 Å². The Bertz CT molecular complexity index is 583. The fourth-order valence-corrected chi connectivity index (χ4v) is 2.10. The van der Waals surface area contributed by atoms with Gasteiger partial charge < -0.3 is 14.0 Å². The van der Waals surface area contributed by atoms with Crippen LogP contribution < -0.4 is 9.47 Å². The van der Waals surface area contributed by atoms with E-state index in [1.807, 2.05) is 19.2 Å². The van der Waals surface area contributed by atoms with Gasteiger partial charge in [0.25, 0.3) is 0 Å². The van der Waals surface area contributed by atoms with Crippen LogP contribution in [0.15, 0.2) is 22.7 Å². The van der Waals surface area contributed by atoms with Gasteiger partial charge in [0.05, 0.1) is 26.3 Å². The Hall–Kier alpha value is -2.08. The molecule has 0 fully saturated rings. The van der Waals surface area contributed by atoms with E-state index in [1.54, 1.807) is 20.3 Å². The number of benzene rings is 1. The van der Waals surface area contributed by atoms with Crippen molar-refractivity contribution >= 4 is 0 Å². The van der Waals surface area contributed by atoms with E-state index in [0.29, 0.717) is 24.0 Å². The lowest BCUT2D eigenvalue weighted by Gasteiger charge is -2.11. The maximum Gasteiger partial charge on any atom is 0.241 e. The second-order valence-corrected chi connectivity index (χ2v) is 4.82. The third kappa shape index (κ3) is 3.72. The van der Waals surface area contributed by atoms with Crippen molar-refractivity contribution in [3.05, 3.63) is 24.1 Å². The Morgan fingerprint density at radius 2 is 2.05 bits per heavy atom. The average Bonchev–Trinajstić information content (AvgIpc) is 2.94. The van der Waals surface area contributed by atoms with E-state index < -0.39 is 0 Å². The van der Waals surface area contributed by atoms with Crippen LogP contribution in [-0.4, -0.2) is 42.9 Å². The lowest BCUT2D eigenvalue weighted by atomic mass is 10.2. The first-order chi connectivity index (χ1) is 10.2. The zero-order valence-corrected chi connectivity index (χ0v) is 12.9. The molecule has 0 atom stereocenters. The van der Waals surface area contributed by atoms with Gasteiger partial charge in [-0.15, -0.1) is 0 Å². The SMILES string of the molecule is CCCN(C)Cc1nc(-c2ccc(OC)cc2OC)no1. The second kappa shape index (κ2) is 7.08. The van der Waals surface area contributed by atoms with Gasteiger partial charge in [-0.25, -0.2) is 0 Å². The van der Waals surface area contributed by atoms with Crippen molar-refractivity contribution in [3.8, 4) is 22.9 Å². The van der Waals surface area contributed by atoms with E-state index in [2.05, 4.69) is 22.0 Å². The lowest BCUT2D eigenvalue weighted by Crippen LogP contribution is -2.18. The van der Waals surface area contributed by atoms with E-state index in [1.165, 1.54) is 0 Å². The van der Waals surface area contributed by atoms with Gasteiger partial charge in [-0.2, -0.15) is 4.98 Å². The number of rotatable bonds is 7. The first kappa shape index (κ1) is 15.3. The summed E-state index contributed by atoms with van der Waals surface area (Å²) >= 11 is 0. The molecule has 0 radical (unpaired) electrons. The molecule has 1 aromatic carbocycles. The zero-order valence-electron chi connectivity index (χ0n) is 12.9. The molecule has 0 N–H and O–H groups in total. The highest BCUT2D eigenvalue weighted by molar-refractivity contribution is 5.65. The fourth-order valence-electron chi connectivity index (χ4n) is 2.10. The Morgan fingerprint density at radius 1 is 1.24 bits per heavy atom. The predicted molar refractivity (Wildman–Crippen MR) is 79.5 cm³/mol. The molecule has 0 bridgehead atoms. The maximum absolute atomic E-state index is 5.36. The fraction of sp³-hybridized carbons (Fsp3) is 0.467. The Kier molecular flexibility index (Phi) is 5.16. The minimum Gasteiger partial charge on any atom is -0.497 e. The number of hydrogen-bond donors (Lipinski definition) is 0. The summed E-state index contributed by atoms with van der Waals surface area (Å²) in [5.41, 5.74) is 0.784. The van der Waals surface area contributed by atoms with Crippen LogP contribution >= 0.6 is 0 Å². The van der Waals surface area contributed by atoms with E-state index in [0.717, 1.165) is 24.3 Å². The number of nitrogens with zero attached hydrogens (tertiary/aromatic N) is 3. The van der Waals surface area contributed by atoms with Crippen LogP contribution in [0.2, 0.25) is 0 Å². The van der Waals surface area contributed by atoms with Crippen molar-refractivity contribution in [2.24, 2.45) is 0 Å². The highest BCUT2D eigenvalue weighted by atomic mass is 16.5. The summed E-state index contributed by atoms with van der Waals surface area (Å²) in [5, 5.41) is 4.03. The smallest absolute Gasteiger partial charge is 0.241 e. The third-order valence-corrected chi connectivity index (χ3v) is 3.13. The lowest BCUT2D eigenvalue weighted by molar-refractivity contribution is 0.267. The third-order valence-electron chi connectivity index (χ3n) is 3.13. The van der Waals surface area contributed by atoms with Crippen molar-refractivity contribution in [3.63, 3.8) is 0 Å². The molecule has 0 spiro atoms. The molecule has 0 aliphatic heterocycles. The van der Waals surface area contributed by atoms with Gasteiger partial charge in [-0.05, 0) is 32.1 Å². The van der Waals surface area contributed by atoms with E-state index in [4.69, 9.17) is 14.0 Å². The Balaban J connectivity index is 2.21. The van der Waals surface area contributed by atoms with E-state index in [-0.39, 0.29) is 0 Å². The minimum atomic E-state index is 0.523. The normalized spacial score (nSPS) is 10.9. The molecule has 6 nitrogen and oxygen atoms in total. The van der Waals surface area contributed by atoms with Crippen LogP contribution in [0.3, 0.4) is 0 Å². The summed E-state index contributed by atoms with van der Waals surface area (Å²) in [6, 6.07) is 5.51. The van der Waals surface area contributed by atoms with Gasteiger partial charge in [-0.3, -0.25) is 4.90 Å². The Morgan fingerprint density at radius 3 is 2.71 bits per heavy atom. The molecule has 2 aromatic rings. The van der Waals surface area contributed by atoms with E-state index >= 15 is 0 Å². The van der Waals surface area contributed by atoms with Gasteiger partial charge in [0.2, 0.25) is 11.7 Å². The molecule has 21 heavy (non-hydrogen) atoms. The summed E-state index contributed by atoms with van der Waals surface area (Å²) in [6.07, 6.45) is 1.09. The molecular weight excluding hydrogens is 270 g/mol. The minimum absolute atomic E-state index is 0.523. The number of methoxy groups -OCH3 is 2. The van der Waals surface area contributed by atoms with Crippen molar-refractivity contribution in [2.45, 2.75) is 19.9 Å². The van der Waals surface area contributed by atoms with Gasteiger partial charge in [-0.1, -0.05) is 12.1 Å². The monoisotopic (exact) mass is 291 g/mol. The van der Waals surface area contributed by atoms with Crippen LogP contribution in [0, 0.1) is 0 Å². The summed E-state index contributed by atoms with van der Waals surface area (Å²) < 4.78 is 15.8. The summed E-state index contributed by atoms with van der Waals surface area (Å²) in [4.78, 5) is 6.57. The first-order valence-corrected chi connectivity index (χ1v) is 6.91. The van der Waals surface area contributed by atoms with Crippen molar-refractivity contribution in [1.29, 1.82) is 0 Å². The summed E-state index contributed by atoms with van der Waals surface area (Å²) in [5.74, 6) is 2.50. The van der Waals surface area contributed by atoms with Gasteiger partial charge in [0, 0.05) is 6.07 Å². The summed E-state index contributed by atoms with van der Waals surface area (Å²) in [6.45, 7) is 3.76. The average molecular weight is 291 g/mol. The molecule has 0 aliphatic rings. The largest absolute Gasteiger partial charge is 0.497 e. The van der Waals surface area contributed by atoms with Crippen molar-refractivity contribution in [2.75, 3.05) is 27.8 Å². The zero-order chi connectivity index (χ0) is 15.2. The topological polar surface area (TPSA) is 60.6 Å². The second-order valence-electron chi connectivity index (χ2n) is 4.82. The van der Waals surface area contributed by atoms with E-state index in [9.17, 15) is 0 Å². The maximum atomic E-state index is 5.36. The standard InChI is InChI=1S/C15H21N3O3/c1-5-8-18(2)10-14-16-15(17-21-14)12-7-6-11(19-3)9-13(12)20-4/h6-7,9H,5,8,10H2,1-4H3. The molecule has 0 saturated carbocycles. The van der Waals surface area contributed by atoms with Crippen LogP contribution in [0.1, 0.15) is 19.2 Å². The molecule has 0 amide bonds. The highest BCUT2D eigenvalue weighted by Crippen LogP contribution is 2.31. The van der Waals surface area contributed by atoms with Gasteiger partial charge in [0.15, 0.2) is 0 Å². The molecule has 0 saturated heterocycles. The van der Waals surface area contributed by atoms with Crippen LogP contribution in [0.4, 0.5) is 0 Å². The first-order valence-electron chi connectivity index (χ1n) is 6.91. The van der Waals surface area contributed by atoms with Crippen LogP contribution in [-0.2, 0) is 6.54 Å². The number of aromatic nitrogens is 2. The van der Waals surface area contributed by atoms with Gasteiger partial charge in [0.1, 0.15) is 11.5 Å². The molecule has 1 heterocycles. The number of ether oxygens (including phenoxy) is 2. The predicted octanol–water partition coefficient (Wildman–Crippen LogP) is 2.60. The molecular formula is C15H21N3O3. The molecule has 2 rings (SSSR count). The van der Waals surface area contributed by atoms with Crippen molar-refractivity contribution in [1.82, 2.24) is 15.0 Å². The molecule has 1 aromatic heterocycles. The van der Waals surface area contributed by atoms with Crippen LogP contribution in [0.25, 0.3) is 11.4 Å². The highest BCUT2D eigenvalue weighted by Gasteiger charge is 2.15. The van der Waals surface area contributed by atoms with Gasteiger partial charge >= 0.3 is 0 Å². The molecule has 6 heteroatoms. The van der Waals surface area contributed by atoms with Crippen molar-refractivity contribution < 1.29 is 14.0 Å². The summed E-state index contributed by atoms with van der Waals surface area (Å²) in [7, 11) is 5.25. The quantitative estimate of drug-likeness (QED) is 0.781. The number of hydrogen-bond acceptors (Lipinski definition) is 6. The molecule has 0 unspecified atom stereocenters. The molecule has 0 aliphatic carbocycles.